The number of nitrogens with zero attached hydrogens (tertiary/aromatic N) is 4. The summed E-state index contributed by atoms with van der Waals surface area (Å²) in [4.78, 5) is 22.4. The summed E-state index contributed by atoms with van der Waals surface area (Å²) < 4.78 is 47.3. The van der Waals surface area contributed by atoms with Gasteiger partial charge in [-0.15, -0.1) is 0 Å². The van der Waals surface area contributed by atoms with E-state index < -0.39 is 15.6 Å². The molecule has 0 N–H and O–H groups in total. The van der Waals surface area contributed by atoms with E-state index in [1.165, 1.54) is 12.8 Å². The highest BCUT2D eigenvalue weighted by atomic mass is 32.2. The molecule has 3 fully saturated rings. The molecule has 1 aromatic heterocycles. The van der Waals surface area contributed by atoms with Crippen molar-refractivity contribution in [1.29, 1.82) is 0 Å². The van der Waals surface area contributed by atoms with E-state index in [2.05, 4.69) is 16.0 Å². The van der Waals surface area contributed by atoms with Crippen LogP contribution in [0.2, 0.25) is 0 Å². The molecule has 2 unspecified atom stereocenters. The van der Waals surface area contributed by atoms with Crippen LogP contribution in [-0.4, -0.2) is 106 Å². The Morgan fingerprint density at radius 1 is 0.979 bits per heavy atom. The summed E-state index contributed by atoms with van der Waals surface area (Å²) in [7, 11) is -2.17. The zero-order valence-corrected chi connectivity index (χ0v) is 30.0. The molecule has 1 amide bonds. The minimum atomic E-state index is -3.75. The van der Waals surface area contributed by atoms with E-state index in [4.69, 9.17) is 14.2 Å². The number of methoxy groups -OCH3 is 1. The van der Waals surface area contributed by atoms with Gasteiger partial charge in [-0.2, -0.15) is 4.31 Å². The first-order valence-electron chi connectivity index (χ1n) is 17.5. The van der Waals surface area contributed by atoms with Gasteiger partial charge in [-0.3, -0.25) is 9.78 Å². The van der Waals surface area contributed by atoms with Crippen molar-refractivity contribution in [1.82, 2.24) is 19.1 Å². The van der Waals surface area contributed by atoms with Crippen molar-refractivity contribution in [2.45, 2.75) is 95.6 Å². The highest BCUT2D eigenvalue weighted by molar-refractivity contribution is 7.89. The average molecular weight is 673 g/mol. The zero-order chi connectivity index (χ0) is 33.9. The summed E-state index contributed by atoms with van der Waals surface area (Å²) in [5, 5.41) is 0. The molecule has 3 saturated heterocycles. The second-order valence-corrected chi connectivity index (χ2v) is 14.6. The molecule has 0 radical (unpaired) electrons. The smallest absolute Gasteiger partial charge is 0.248 e. The minimum absolute atomic E-state index is 0.0684. The van der Waals surface area contributed by atoms with Crippen LogP contribution in [0.4, 0.5) is 0 Å². The molecule has 262 valence electrons. The van der Waals surface area contributed by atoms with E-state index >= 15 is 0 Å². The number of hydrogen-bond acceptors (Lipinski definition) is 8. The number of piperidine rings is 1. The second-order valence-electron chi connectivity index (χ2n) is 12.7. The highest BCUT2D eigenvalue weighted by Crippen LogP contribution is 2.37. The van der Waals surface area contributed by atoms with Gasteiger partial charge in [0.15, 0.2) is 0 Å². The number of carbonyl (C=O) groups excluding carboxylic acids is 1. The molecular weight excluding hydrogens is 616 g/mol. The van der Waals surface area contributed by atoms with Gasteiger partial charge in [-0.25, -0.2) is 8.42 Å². The number of benzene rings is 1. The quantitative estimate of drug-likeness (QED) is 0.299. The molecule has 2 aromatic rings. The van der Waals surface area contributed by atoms with Crippen LogP contribution < -0.4 is 4.74 Å². The van der Waals surface area contributed by atoms with Crippen molar-refractivity contribution >= 4 is 15.9 Å². The minimum Gasteiger partial charge on any atom is -0.497 e. The molecule has 4 heterocycles. The molecule has 10 nitrogen and oxygen atoms in total. The predicted molar refractivity (Wildman–Crippen MR) is 184 cm³/mol. The number of ether oxygens (including phenoxy) is 3. The number of amides is 1. The summed E-state index contributed by atoms with van der Waals surface area (Å²) in [6.07, 6.45) is 10.9. The fourth-order valence-electron chi connectivity index (χ4n) is 7.27. The van der Waals surface area contributed by atoms with Crippen LogP contribution in [-0.2, 0) is 29.9 Å². The van der Waals surface area contributed by atoms with E-state index in [0.29, 0.717) is 60.9 Å². The molecule has 0 spiro atoms. The van der Waals surface area contributed by atoms with Gasteiger partial charge >= 0.3 is 0 Å². The summed E-state index contributed by atoms with van der Waals surface area (Å²) in [5.74, 6) is 0.571. The van der Waals surface area contributed by atoms with Gasteiger partial charge < -0.3 is 24.0 Å². The van der Waals surface area contributed by atoms with Gasteiger partial charge in [0.2, 0.25) is 15.9 Å². The fourth-order valence-corrected chi connectivity index (χ4v) is 9.36. The molecule has 5 rings (SSSR count). The Labute approximate surface area is 282 Å². The molecule has 1 aromatic carbocycles. The van der Waals surface area contributed by atoms with Gasteiger partial charge in [-0.1, -0.05) is 26.3 Å². The highest BCUT2D eigenvalue weighted by Gasteiger charge is 2.38. The summed E-state index contributed by atoms with van der Waals surface area (Å²) in [5.41, 5.74) is 1.92. The standard InChI is InChI=1S/C34H50N4O6S.C2H6/c1-27-22-31(42-3)23-28(2)33(27)45(40,41)38-18-5-4-11-30(38)25-43-26-32(39)37-17-9-12-34(13-19-37,29-10-8-14-35-24-29)44-21-20-36-15-6-7-16-36;1-2/h8,10,14,22-24,30H,4-7,9,11-13,15-21,25-26H2,1-3H3;1-2H3. The van der Waals surface area contributed by atoms with E-state index in [1.54, 1.807) is 43.6 Å². The van der Waals surface area contributed by atoms with E-state index in [9.17, 15) is 13.2 Å². The van der Waals surface area contributed by atoms with Crippen molar-refractivity contribution in [2.75, 3.05) is 66.2 Å². The van der Waals surface area contributed by atoms with Crippen molar-refractivity contribution in [3.05, 3.63) is 53.3 Å². The summed E-state index contributed by atoms with van der Waals surface area (Å²) in [6, 6.07) is 7.24. The maximum atomic E-state index is 13.9. The lowest BCUT2D eigenvalue weighted by Crippen LogP contribution is -2.47. The molecule has 0 bridgehead atoms. The van der Waals surface area contributed by atoms with Gasteiger partial charge in [0, 0.05) is 50.2 Å². The third-order valence-corrected chi connectivity index (χ3v) is 11.9. The van der Waals surface area contributed by atoms with Crippen molar-refractivity contribution in [2.24, 2.45) is 0 Å². The molecule has 11 heteroatoms. The number of hydrogen-bond donors (Lipinski definition) is 0. The molecule has 0 aliphatic carbocycles. The number of pyridine rings is 1. The van der Waals surface area contributed by atoms with Gasteiger partial charge in [-0.05, 0) is 101 Å². The zero-order valence-electron chi connectivity index (χ0n) is 29.2. The van der Waals surface area contributed by atoms with Gasteiger partial charge in [0.25, 0.3) is 0 Å². The van der Waals surface area contributed by atoms with Crippen molar-refractivity contribution in [3.63, 3.8) is 0 Å². The van der Waals surface area contributed by atoms with E-state index in [0.717, 1.165) is 50.9 Å². The topological polar surface area (TPSA) is 102 Å². The Morgan fingerprint density at radius 3 is 2.38 bits per heavy atom. The Hall–Kier alpha value is -2.57. The maximum absolute atomic E-state index is 13.9. The summed E-state index contributed by atoms with van der Waals surface area (Å²) in [6.45, 7) is 13.2. The van der Waals surface area contributed by atoms with E-state index in [-0.39, 0.29) is 25.2 Å². The summed E-state index contributed by atoms with van der Waals surface area (Å²) >= 11 is 0. The Kier molecular flexibility index (Phi) is 14.0. The Bertz CT molecular complexity index is 1360. The van der Waals surface area contributed by atoms with Gasteiger partial charge in [0.05, 0.1) is 30.8 Å². The fraction of sp³-hybridized carbons (Fsp3) is 0.667. The first kappa shape index (κ1) is 37.3. The van der Waals surface area contributed by atoms with Crippen molar-refractivity contribution in [3.8, 4) is 5.75 Å². The van der Waals surface area contributed by atoms with Crippen LogP contribution in [0.15, 0.2) is 41.6 Å². The number of aryl methyl sites for hydroxylation is 2. The molecule has 3 aliphatic heterocycles. The van der Waals surface area contributed by atoms with Crippen LogP contribution >= 0.6 is 0 Å². The second kappa shape index (κ2) is 17.7. The normalized spacial score (nSPS) is 22.7. The monoisotopic (exact) mass is 672 g/mol. The maximum Gasteiger partial charge on any atom is 0.248 e. The number of likely N-dealkylation sites (tertiary alicyclic amines) is 2. The van der Waals surface area contributed by atoms with Crippen LogP contribution in [0, 0.1) is 13.8 Å². The largest absolute Gasteiger partial charge is 0.497 e. The van der Waals surface area contributed by atoms with Crippen LogP contribution in [0.25, 0.3) is 0 Å². The Balaban J connectivity index is 0.00000245. The van der Waals surface area contributed by atoms with Crippen LogP contribution in [0.1, 0.15) is 81.9 Å². The molecule has 2 atom stereocenters. The third-order valence-electron chi connectivity index (χ3n) is 9.66. The lowest BCUT2D eigenvalue weighted by atomic mass is 9.87. The molecule has 3 aliphatic rings. The third kappa shape index (κ3) is 9.32. The number of rotatable bonds is 12. The number of aromatic nitrogens is 1. The Morgan fingerprint density at radius 2 is 1.70 bits per heavy atom. The van der Waals surface area contributed by atoms with E-state index in [1.807, 2.05) is 31.0 Å². The lowest BCUT2D eigenvalue weighted by molar-refractivity contribution is -0.137. The van der Waals surface area contributed by atoms with Gasteiger partial charge in [0.1, 0.15) is 12.4 Å². The van der Waals surface area contributed by atoms with Crippen molar-refractivity contribution < 1.29 is 27.4 Å². The first-order valence-corrected chi connectivity index (χ1v) is 19.0. The molecule has 0 saturated carbocycles. The lowest BCUT2D eigenvalue weighted by Gasteiger charge is -2.35. The van der Waals surface area contributed by atoms with Crippen LogP contribution in [0.5, 0.6) is 5.75 Å². The number of sulfonamides is 1. The molecule has 47 heavy (non-hydrogen) atoms. The SMILES string of the molecule is CC.COc1cc(C)c(S(=O)(=O)N2CCCCC2COCC(=O)N2CCCC(OCCN3CCCC3)(c3cccnc3)CC2)c(C)c1. The molecular formula is C36H56N4O6S. The predicted octanol–water partition coefficient (Wildman–Crippen LogP) is 5.31. The average Bonchev–Trinajstić information content (AvgIpc) is 3.50. The first-order chi connectivity index (χ1) is 22.7. The number of carbonyl (C=O) groups is 1. The van der Waals surface area contributed by atoms with Crippen LogP contribution in [0.3, 0.4) is 0 Å².